The third-order valence-corrected chi connectivity index (χ3v) is 2.60. The Morgan fingerprint density at radius 2 is 2.38 bits per heavy atom. The third kappa shape index (κ3) is 2.56. The van der Waals surface area contributed by atoms with Gasteiger partial charge in [0.05, 0.1) is 0 Å². The van der Waals surface area contributed by atoms with E-state index in [1.165, 1.54) is 0 Å². The van der Waals surface area contributed by atoms with Crippen molar-refractivity contribution in [3.63, 3.8) is 0 Å². The van der Waals surface area contributed by atoms with Crippen molar-refractivity contribution < 1.29 is 4.79 Å². The van der Waals surface area contributed by atoms with Crippen molar-refractivity contribution in [2.75, 3.05) is 13.6 Å². The Morgan fingerprint density at radius 3 is 2.85 bits per heavy atom. The van der Waals surface area contributed by atoms with E-state index in [0.29, 0.717) is 6.54 Å². The van der Waals surface area contributed by atoms with Crippen molar-refractivity contribution in [2.24, 2.45) is 11.7 Å². The Balaban J connectivity index is 2.43. The summed E-state index contributed by atoms with van der Waals surface area (Å²) in [5.74, 6) is 0.368. The van der Waals surface area contributed by atoms with Gasteiger partial charge in [-0.05, 0) is 19.3 Å². The van der Waals surface area contributed by atoms with Crippen LogP contribution >= 0.6 is 0 Å². The average molecular weight is 182 g/mol. The van der Waals surface area contributed by atoms with Gasteiger partial charge in [0.25, 0.3) is 0 Å². The van der Waals surface area contributed by atoms with Crippen LogP contribution in [0.2, 0.25) is 0 Å². The van der Waals surface area contributed by atoms with Crippen molar-refractivity contribution >= 4 is 5.91 Å². The highest BCUT2D eigenvalue weighted by Crippen LogP contribution is 2.25. The van der Waals surface area contributed by atoms with Gasteiger partial charge in [-0.25, -0.2) is 0 Å². The van der Waals surface area contributed by atoms with Gasteiger partial charge in [0.1, 0.15) is 0 Å². The molecule has 1 rings (SSSR count). The fourth-order valence-corrected chi connectivity index (χ4v) is 1.84. The molecule has 1 aliphatic carbocycles. The lowest BCUT2D eigenvalue weighted by atomic mass is 10.1. The molecule has 1 amide bonds. The molecule has 3 nitrogen and oxygen atoms in total. The molecule has 1 saturated carbocycles. The molecule has 74 valence electrons. The predicted molar refractivity (Wildman–Crippen MR) is 53.2 cm³/mol. The predicted octanol–water partition coefficient (Wildman–Crippen LogP) is 0.758. The second-order valence-corrected chi connectivity index (χ2v) is 3.78. The zero-order valence-corrected chi connectivity index (χ0v) is 8.20. The van der Waals surface area contributed by atoms with Crippen LogP contribution in [-0.4, -0.2) is 30.4 Å². The summed E-state index contributed by atoms with van der Waals surface area (Å²) in [7, 11) is 1.81. The van der Waals surface area contributed by atoms with Crippen LogP contribution in [0.5, 0.6) is 0 Å². The van der Waals surface area contributed by atoms with E-state index in [4.69, 9.17) is 5.73 Å². The Bertz CT molecular complexity index is 203. The summed E-state index contributed by atoms with van der Waals surface area (Å²) in [6, 6.07) is 0.228. The monoisotopic (exact) mass is 182 g/mol. The first-order valence-corrected chi connectivity index (χ1v) is 4.76. The summed E-state index contributed by atoms with van der Waals surface area (Å²) >= 11 is 0. The second kappa shape index (κ2) is 4.42. The van der Waals surface area contributed by atoms with Gasteiger partial charge in [-0.1, -0.05) is 6.08 Å². The second-order valence-electron chi connectivity index (χ2n) is 3.78. The molecule has 0 aromatic carbocycles. The summed E-state index contributed by atoms with van der Waals surface area (Å²) in [5, 5.41) is 0. The average Bonchev–Trinajstić information content (AvgIpc) is 2.51. The van der Waals surface area contributed by atoms with Crippen LogP contribution in [0.4, 0.5) is 0 Å². The van der Waals surface area contributed by atoms with Gasteiger partial charge in [0.15, 0.2) is 0 Å². The first-order chi connectivity index (χ1) is 6.15. The number of likely N-dealkylation sites (N-methyl/N-ethyl adjacent to an activating group) is 1. The van der Waals surface area contributed by atoms with Gasteiger partial charge in [0.2, 0.25) is 5.91 Å². The van der Waals surface area contributed by atoms with Gasteiger partial charge < -0.3 is 10.6 Å². The number of rotatable bonds is 3. The number of hydrogen-bond acceptors (Lipinski definition) is 2. The SMILES string of the molecule is C=CCN(C)C(=O)C1CCC(N)C1. The molecule has 1 aliphatic rings. The highest BCUT2D eigenvalue weighted by Gasteiger charge is 2.29. The topological polar surface area (TPSA) is 46.3 Å². The minimum absolute atomic E-state index is 0.153. The summed E-state index contributed by atoms with van der Waals surface area (Å²) in [4.78, 5) is 13.4. The molecule has 2 atom stereocenters. The maximum Gasteiger partial charge on any atom is 0.225 e. The molecule has 0 spiro atoms. The lowest BCUT2D eigenvalue weighted by molar-refractivity contribution is -0.133. The number of carbonyl (C=O) groups is 1. The molecule has 2 N–H and O–H groups in total. The highest BCUT2D eigenvalue weighted by atomic mass is 16.2. The number of hydrogen-bond donors (Lipinski definition) is 1. The molecule has 3 heteroatoms. The van der Waals surface area contributed by atoms with E-state index in [2.05, 4.69) is 6.58 Å². The fourth-order valence-electron chi connectivity index (χ4n) is 1.84. The third-order valence-electron chi connectivity index (χ3n) is 2.60. The van der Waals surface area contributed by atoms with Crippen molar-refractivity contribution in [2.45, 2.75) is 25.3 Å². The van der Waals surface area contributed by atoms with Crippen LogP contribution in [0.3, 0.4) is 0 Å². The van der Waals surface area contributed by atoms with Crippen LogP contribution in [0.25, 0.3) is 0 Å². The van der Waals surface area contributed by atoms with Crippen molar-refractivity contribution in [3.05, 3.63) is 12.7 Å². The van der Waals surface area contributed by atoms with E-state index in [0.717, 1.165) is 19.3 Å². The maximum absolute atomic E-state index is 11.7. The van der Waals surface area contributed by atoms with E-state index in [9.17, 15) is 4.79 Å². The van der Waals surface area contributed by atoms with Crippen LogP contribution in [0.1, 0.15) is 19.3 Å². The number of nitrogens with two attached hydrogens (primary N) is 1. The van der Waals surface area contributed by atoms with Gasteiger partial charge in [-0.3, -0.25) is 4.79 Å². The first-order valence-electron chi connectivity index (χ1n) is 4.76. The Hall–Kier alpha value is -0.830. The molecular weight excluding hydrogens is 164 g/mol. The number of amides is 1. The molecule has 13 heavy (non-hydrogen) atoms. The van der Waals surface area contributed by atoms with Gasteiger partial charge in [0, 0.05) is 25.6 Å². The first kappa shape index (κ1) is 10.3. The molecule has 2 unspecified atom stereocenters. The van der Waals surface area contributed by atoms with E-state index in [1.54, 1.807) is 11.0 Å². The fraction of sp³-hybridized carbons (Fsp3) is 0.700. The summed E-state index contributed by atoms with van der Waals surface area (Å²) < 4.78 is 0. The summed E-state index contributed by atoms with van der Waals surface area (Å²) in [5.41, 5.74) is 5.75. The van der Waals surface area contributed by atoms with E-state index >= 15 is 0 Å². The Kier molecular flexibility index (Phi) is 3.48. The largest absolute Gasteiger partial charge is 0.342 e. The molecule has 0 saturated heterocycles. The molecule has 0 radical (unpaired) electrons. The minimum Gasteiger partial charge on any atom is -0.342 e. The lowest BCUT2D eigenvalue weighted by Gasteiger charge is -2.19. The highest BCUT2D eigenvalue weighted by molar-refractivity contribution is 5.79. The van der Waals surface area contributed by atoms with Gasteiger partial charge >= 0.3 is 0 Å². The van der Waals surface area contributed by atoms with Crippen LogP contribution < -0.4 is 5.73 Å². The zero-order chi connectivity index (χ0) is 9.84. The van der Waals surface area contributed by atoms with Crippen molar-refractivity contribution in [1.29, 1.82) is 0 Å². The van der Waals surface area contributed by atoms with Gasteiger partial charge in [-0.15, -0.1) is 6.58 Å². The summed E-state index contributed by atoms with van der Waals surface area (Å²) in [6.07, 6.45) is 4.52. The van der Waals surface area contributed by atoms with E-state index in [1.807, 2.05) is 7.05 Å². The number of nitrogens with zero attached hydrogens (tertiary/aromatic N) is 1. The van der Waals surface area contributed by atoms with Gasteiger partial charge in [-0.2, -0.15) is 0 Å². The van der Waals surface area contributed by atoms with Crippen LogP contribution in [-0.2, 0) is 4.79 Å². The normalized spacial score (nSPS) is 27.2. The standard InChI is InChI=1S/C10H18N2O/c1-3-6-12(2)10(13)8-4-5-9(11)7-8/h3,8-9H,1,4-7,11H2,2H3. The smallest absolute Gasteiger partial charge is 0.225 e. The molecule has 0 aromatic rings. The lowest BCUT2D eigenvalue weighted by Crippen LogP contribution is -2.32. The molecule has 0 aliphatic heterocycles. The molecule has 0 heterocycles. The zero-order valence-electron chi connectivity index (χ0n) is 8.20. The molecule has 0 bridgehead atoms. The molecule has 0 aromatic heterocycles. The molecule has 1 fully saturated rings. The molecular formula is C10H18N2O. The van der Waals surface area contributed by atoms with Crippen molar-refractivity contribution in [1.82, 2.24) is 4.90 Å². The maximum atomic E-state index is 11.7. The Labute approximate surface area is 79.6 Å². The number of carbonyl (C=O) groups excluding carboxylic acids is 1. The summed E-state index contributed by atoms with van der Waals surface area (Å²) in [6.45, 7) is 4.24. The Morgan fingerprint density at radius 1 is 1.69 bits per heavy atom. The quantitative estimate of drug-likeness (QED) is 0.655. The van der Waals surface area contributed by atoms with E-state index < -0.39 is 0 Å². The van der Waals surface area contributed by atoms with Crippen LogP contribution in [0.15, 0.2) is 12.7 Å². The van der Waals surface area contributed by atoms with Crippen molar-refractivity contribution in [3.8, 4) is 0 Å². The van der Waals surface area contributed by atoms with E-state index in [-0.39, 0.29) is 17.9 Å². The minimum atomic E-state index is 0.153. The van der Waals surface area contributed by atoms with Crippen LogP contribution in [0, 0.1) is 5.92 Å².